The second-order valence-electron chi connectivity index (χ2n) is 6.27. The van der Waals surface area contributed by atoms with Crippen molar-refractivity contribution in [1.29, 1.82) is 0 Å². The van der Waals surface area contributed by atoms with Gasteiger partial charge in [0.2, 0.25) is 0 Å². The van der Waals surface area contributed by atoms with Crippen molar-refractivity contribution in [2.24, 2.45) is 5.92 Å². The second kappa shape index (κ2) is 7.38. The number of rotatable bonds is 4. The molecule has 2 aromatic rings. The first-order chi connectivity index (χ1) is 12.1. The van der Waals surface area contributed by atoms with E-state index < -0.39 is 11.9 Å². The van der Waals surface area contributed by atoms with Gasteiger partial charge in [0.1, 0.15) is 11.5 Å². The highest BCUT2D eigenvalue weighted by Gasteiger charge is 2.35. The molecule has 0 aromatic heterocycles. The molecule has 3 rings (SSSR count). The number of likely N-dealkylation sites (tertiary alicyclic amines) is 1. The topological polar surface area (TPSA) is 66.8 Å². The largest absolute Gasteiger partial charge is 0.481 e. The van der Waals surface area contributed by atoms with Crippen LogP contribution in [0.15, 0.2) is 54.6 Å². The van der Waals surface area contributed by atoms with E-state index in [2.05, 4.69) is 0 Å². The average molecular weight is 339 g/mol. The lowest BCUT2D eigenvalue weighted by Crippen LogP contribution is -2.49. The summed E-state index contributed by atoms with van der Waals surface area (Å²) < 4.78 is 5.78. The van der Waals surface area contributed by atoms with Crippen LogP contribution in [-0.4, -0.2) is 34.5 Å². The van der Waals surface area contributed by atoms with Crippen LogP contribution < -0.4 is 4.74 Å². The van der Waals surface area contributed by atoms with Gasteiger partial charge >= 0.3 is 5.97 Å². The van der Waals surface area contributed by atoms with Gasteiger partial charge in [-0.25, -0.2) is 0 Å². The number of ether oxygens (including phenoxy) is 1. The molecule has 1 N–H and O–H groups in total. The van der Waals surface area contributed by atoms with Crippen LogP contribution in [0.2, 0.25) is 0 Å². The number of carbonyl (C=O) groups excluding carboxylic acids is 1. The van der Waals surface area contributed by atoms with Crippen molar-refractivity contribution >= 4 is 11.9 Å². The predicted octanol–water partition coefficient (Wildman–Crippen LogP) is 3.80. The van der Waals surface area contributed by atoms with Gasteiger partial charge in [-0.05, 0) is 50.1 Å². The number of hydrogen-bond donors (Lipinski definition) is 1. The summed E-state index contributed by atoms with van der Waals surface area (Å²) in [7, 11) is 0. The standard InChI is InChI=1S/C20H21NO4/c1-14-18(20(23)24)11-6-12-21(14)19(22)15-7-5-10-17(13-15)25-16-8-3-2-4-9-16/h2-5,7-10,13-14,18H,6,11-12H2,1H3,(H,23,24)/t14-,18-/m1/s1. The van der Waals surface area contributed by atoms with Gasteiger partial charge in [-0.3, -0.25) is 9.59 Å². The summed E-state index contributed by atoms with van der Waals surface area (Å²) in [5.74, 6) is -0.231. The molecule has 5 heteroatoms. The maximum Gasteiger partial charge on any atom is 0.308 e. The summed E-state index contributed by atoms with van der Waals surface area (Å²) in [4.78, 5) is 25.9. The summed E-state index contributed by atoms with van der Waals surface area (Å²) >= 11 is 0. The fraction of sp³-hybridized carbons (Fsp3) is 0.300. The van der Waals surface area contributed by atoms with Crippen LogP contribution in [0, 0.1) is 5.92 Å². The predicted molar refractivity (Wildman–Crippen MR) is 93.8 cm³/mol. The molecule has 0 unspecified atom stereocenters. The number of benzene rings is 2. The molecular formula is C20H21NO4. The fourth-order valence-electron chi connectivity index (χ4n) is 3.24. The molecule has 0 saturated carbocycles. The Kier molecular flexibility index (Phi) is 5.03. The Hall–Kier alpha value is -2.82. The molecule has 0 bridgehead atoms. The molecule has 1 fully saturated rings. The zero-order valence-corrected chi connectivity index (χ0v) is 14.1. The molecule has 130 valence electrons. The van der Waals surface area contributed by atoms with E-state index >= 15 is 0 Å². The first-order valence-corrected chi connectivity index (χ1v) is 8.43. The maximum absolute atomic E-state index is 12.9. The van der Waals surface area contributed by atoms with Crippen LogP contribution in [0.4, 0.5) is 0 Å². The Labute approximate surface area is 146 Å². The lowest BCUT2D eigenvalue weighted by molar-refractivity contribution is -0.144. The van der Waals surface area contributed by atoms with Gasteiger partial charge in [-0.1, -0.05) is 24.3 Å². The Morgan fingerprint density at radius 2 is 1.80 bits per heavy atom. The first-order valence-electron chi connectivity index (χ1n) is 8.43. The Morgan fingerprint density at radius 3 is 2.52 bits per heavy atom. The van der Waals surface area contributed by atoms with E-state index in [0.29, 0.717) is 36.4 Å². The quantitative estimate of drug-likeness (QED) is 0.920. The van der Waals surface area contributed by atoms with Gasteiger partial charge in [0.15, 0.2) is 0 Å². The lowest BCUT2D eigenvalue weighted by Gasteiger charge is -2.37. The minimum Gasteiger partial charge on any atom is -0.481 e. The van der Waals surface area contributed by atoms with Crippen molar-refractivity contribution in [3.05, 3.63) is 60.2 Å². The SMILES string of the molecule is C[C@@H]1[C@H](C(=O)O)CCCN1C(=O)c1cccc(Oc2ccccc2)c1. The first kappa shape index (κ1) is 17.0. The van der Waals surface area contributed by atoms with E-state index in [0.717, 1.165) is 0 Å². The molecule has 1 aliphatic rings. The van der Waals surface area contributed by atoms with Crippen molar-refractivity contribution in [3.8, 4) is 11.5 Å². The maximum atomic E-state index is 12.9. The number of para-hydroxylation sites is 1. The highest BCUT2D eigenvalue weighted by Crippen LogP contribution is 2.27. The molecule has 0 spiro atoms. The summed E-state index contributed by atoms with van der Waals surface area (Å²) in [6.45, 7) is 2.38. The molecule has 1 heterocycles. The van der Waals surface area contributed by atoms with Crippen LogP contribution in [0.25, 0.3) is 0 Å². The molecule has 0 aliphatic carbocycles. The van der Waals surface area contributed by atoms with E-state index in [-0.39, 0.29) is 11.9 Å². The minimum atomic E-state index is -0.842. The van der Waals surface area contributed by atoms with Crippen LogP contribution in [0.1, 0.15) is 30.1 Å². The van der Waals surface area contributed by atoms with Crippen LogP contribution in [-0.2, 0) is 4.79 Å². The van der Waals surface area contributed by atoms with Gasteiger partial charge in [0, 0.05) is 18.2 Å². The fourth-order valence-corrected chi connectivity index (χ4v) is 3.24. The molecule has 0 radical (unpaired) electrons. The number of amides is 1. The van der Waals surface area contributed by atoms with Gasteiger partial charge < -0.3 is 14.7 Å². The molecular weight excluding hydrogens is 318 g/mol. The monoisotopic (exact) mass is 339 g/mol. The third kappa shape index (κ3) is 3.82. The number of nitrogens with zero attached hydrogens (tertiary/aromatic N) is 1. The van der Waals surface area contributed by atoms with Crippen molar-refractivity contribution in [2.45, 2.75) is 25.8 Å². The van der Waals surface area contributed by atoms with Crippen LogP contribution in [0.5, 0.6) is 11.5 Å². The molecule has 2 atom stereocenters. The molecule has 5 nitrogen and oxygen atoms in total. The van der Waals surface area contributed by atoms with E-state index in [9.17, 15) is 14.7 Å². The molecule has 2 aromatic carbocycles. The third-order valence-corrected chi connectivity index (χ3v) is 4.63. The van der Waals surface area contributed by atoms with Gasteiger partial charge in [-0.2, -0.15) is 0 Å². The smallest absolute Gasteiger partial charge is 0.308 e. The third-order valence-electron chi connectivity index (χ3n) is 4.63. The van der Waals surface area contributed by atoms with E-state index in [1.165, 1.54) is 0 Å². The molecule has 1 saturated heterocycles. The number of carbonyl (C=O) groups is 2. The number of hydrogen-bond acceptors (Lipinski definition) is 3. The Bertz CT molecular complexity index is 759. The summed E-state index contributed by atoms with van der Waals surface area (Å²) in [6.07, 6.45) is 1.31. The summed E-state index contributed by atoms with van der Waals surface area (Å²) in [5, 5.41) is 9.33. The van der Waals surface area contributed by atoms with Crippen LogP contribution in [0.3, 0.4) is 0 Å². The second-order valence-corrected chi connectivity index (χ2v) is 6.27. The average Bonchev–Trinajstić information content (AvgIpc) is 2.62. The number of carboxylic acids is 1. The minimum absolute atomic E-state index is 0.156. The number of carboxylic acid groups (broad SMARTS) is 1. The van der Waals surface area contributed by atoms with Gasteiger partial charge in [0.25, 0.3) is 5.91 Å². The number of aliphatic carboxylic acids is 1. The van der Waals surface area contributed by atoms with Crippen molar-refractivity contribution in [1.82, 2.24) is 4.90 Å². The highest BCUT2D eigenvalue weighted by molar-refractivity contribution is 5.95. The van der Waals surface area contributed by atoms with Crippen molar-refractivity contribution < 1.29 is 19.4 Å². The summed E-state index contributed by atoms with van der Waals surface area (Å²) in [6, 6.07) is 16.0. The van der Waals surface area contributed by atoms with Crippen LogP contribution >= 0.6 is 0 Å². The number of piperidine rings is 1. The van der Waals surface area contributed by atoms with E-state index in [1.807, 2.05) is 30.3 Å². The highest BCUT2D eigenvalue weighted by atomic mass is 16.5. The lowest BCUT2D eigenvalue weighted by atomic mass is 9.90. The Morgan fingerprint density at radius 1 is 1.08 bits per heavy atom. The zero-order chi connectivity index (χ0) is 17.8. The summed E-state index contributed by atoms with van der Waals surface area (Å²) in [5.41, 5.74) is 0.506. The Balaban J connectivity index is 1.78. The van der Waals surface area contributed by atoms with E-state index in [4.69, 9.17) is 4.74 Å². The zero-order valence-electron chi connectivity index (χ0n) is 14.1. The molecule has 1 aliphatic heterocycles. The van der Waals surface area contributed by atoms with Gasteiger partial charge in [-0.15, -0.1) is 0 Å². The molecule has 25 heavy (non-hydrogen) atoms. The molecule has 1 amide bonds. The van der Waals surface area contributed by atoms with Gasteiger partial charge in [0.05, 0.1) is 5.92 Å². The van der Waals surface area contributed by atoms with Crippen molar-refractivity contribution in [2.75, 3.05) is 6.54 Å². The van der Waals surface area contributed by atoms with E-state index in [1.54, 1.807) is 36.1 Å². The van der Waals surface area contributed by atoms with Crippen molar-refractivity contribution in [3.63, 3.8) is 0 Å². The normalized spacial score (nSPS) is 20.1.